The maximum Gasteiger partial charge on any atom is 0.122 e. The van der Waals surface area contributed by atoms with Crippen LogP contribution in [0.25, 0.3) is 0 Å². The summed E-state index contributed by atoms with van der Waals surface area (Å²) in [6.45, 7) is 10.0. The average molecular weight is 249 g/mol. The van der Waals surface area contributed by atoms with Crippen LogP contribution in [-0.4, -0.2) is 33.4 Å². The molecule has 0 radical (unpaired) electrons. The van der Waals surface area contributed by atoms with Crippen LogP contribution in [-0.2, 0) is 10.2 Å². The number of likely N-dealkylation sites (N-methyl/N-ethyl adjacent to an activating group) is 1. The van der Waals surface area contributed by atoms with Crippen molar-refractivity contribution in [2.45, 2.75) is 26.2 Å². The van der Waals surface area contributed by atoms with Crippen LogP contribution >= 0.6 is 0 Å². The van der Waals surface area contributed by atoms with Gasteiger partial charge < -0.3 is 14.8 Å². The molecule has 100 valence electrons. The highest BCUT2D eigenvalue weighted by molar-refractivity contribution is 5.47. The van der Waals surface area contributed by atoms with Gasteiger partial charge in [-0.15, -0.1) is 0 Å². The molecule has 1 aliphatic heterocycles. The molecular weight excluding hydrogens is 226 g/mol. The summed E-state index contributed by atoms with van der Waals surface area (Å²) in [5, 5.41) is 3.45. The summed E-state index contributed by atoms with van der Waals surface area (Å²) in [6.07, 6.45) is 0. The Bertz CT molecular complexity index is 425. The molecule has 0 unspecified atom stereocenters. The Balaban J connectivity index is 2.34. The Morgan fingerprint density at radius 1 is 1.28 bits per heavy atom. The quantitative estimate of drug-likeness (QED) is 0.867. The van der Waals surface area contributed by atoms with Gasteiger partial charge in [0, 0.05) is 6.54 Å². The first-order valence-corrected chi connectivity index (χ1v) is 6.58. The molecule has 3 nitrogen and oxygen atoms in total. The van der Waals surface area contributed by atoms with Crippen molar-refractivity contribution < 1.29 is 9.47 Å². The lowest BCUT2D eigenvalue weighted by Gasteiger charge is -2.43. The van der Waals surface area contributed by atoms with Gasteiger partial charge in [-0.2, -0.15) is 0 Å². The molecule has 0 aromatic heterocycles. The van der Waals surface area contributed by atoms with Gasteiger partial charge in [-0.25, -0.2) is 0 Å². The number of hydrogen-bond acceptors (Lipinski definition) is 3. The van der Waals surface area contributed by atoms with E-state index in [-0.39, 0.29) is 5.41 Å². The van der Waals surface area contributed by atoms with Gasteiger partial charge >= 0.3 is 0 Å². The van der Waals surface area contributed by atoms with Gasteiger partial charge in [-0.1, -0.05) is 13.0 Å². The van der Waals surface area contributed by atoms with Crippen LogP contribution in [0.15, 0.2) is 12.1 Å². The highest BCUT2D eigenvalue weighted by Crippen LogP contribution is 2.37. The van der Waals surface area contributed by atoms with Crippen molar-refractivity contribution in [1.82, 2.24) is 5.32 Å². The fourth-order valence-corrected chi connectivity index (χ4v) is 2.66. The van der Waals surface area contributed by atoms with E-state index in [4.69, 9.17) is 9.47 Å². The third-order valence-electron chi connectivity index (χ3n) is 4.00. The van der Waals surface area contributed by atoms with Gasteiger partial charge in [0.15, 0.2) is 0 Å². The first kappa shape index (κ1) is 13.4. The molecule has 0 bridgehead atoms. The van der Waals surface area contributed by atoms with E-state index in [0.29, 0.717) is 0 Å². The third-order valence-corrected chi connectivity index (χ3v) is 4.00. The van der Waals surface area contributed by atoms with E-state index in [2.05, 4.69) is 38.2 Å². The summed E-state index contributed by atoms with van der Waals surface area (Å²) >= 11 is 0. The average Bonchev–Trinajstić information content (AvgIpc) is 2.33. The van der Waals surface area contributed by atoms with Crippen molar-refractivity contribution >= 4 is 0 Å². The molecule has 1 saturated heterocycles. The van der Waals surface area contributed by atoms with Gasteiger partial charge in [0.2, 0.25) is 0 Å². The maximum atomic E-state index is 5.47. The summed E-state index contributed by atoms with van der Waals surface area (Å²) in [5.74, 6) is 0.968. The highest BCUT2D eigenvalue weighted by atomic mass is 16.5. The third kappa shape index (κ3) is 2.13. The number of ether oxygens (including phenoxy) is 2. The smallest absolute Gasteiger partial charge is 0.122 e. The van der Waals surface area contributed by atoms with Crippen molar-refractivity contribution in [3.05, 3.63) is 28.8 Å². The summed E-state index contributed by atoms with van der Waals surface area (Å²) in [5.41, 5.74) is 4.11. The SMILES string of the molecule is CCNCC1(c2ccc(OC)c(C)c2C)COC1. The van der Waals surface area contributed by atoms with Gasteiger partial charge in [0.25, 0.3) is 0 Å². The largest absolute Gasteiger partial charge is 0.496 e. The Kier molecular flexibility index (Phi) is 3.93. The van der Waals surface area contributed by atoms with Crippen LogP contribution in [0.3, 0.4) is 0 Å². The number of benzene rings is 1. The highest BCUT2D eigenvalue weighted by Gasteiger charge is 2.41. The van der Waals surface area contributed by atoms with E-state index in [1.807, 2.05) is 0 Å². The normalized spacial score (nSPS) is 17.3. The van der Waals surface area contributed by atoms with E-state index in [1.165, 1.54) is 16.7 Å². The zero-order chi connectivity index (χ0) is 13.2. The molecule has 1 aliphatic rings. The van der Waals surface area contributed by atoms with Gasteiger partial charge in [-0.3, -0.25) is 0 Å². The summed E-state index contributed by atoms with van der Waals surface area (Å²) in [6, 6.07) is 4.27. The van der Waals surface area contributed by atoms with E-state index >= 15 is 0 Å². The Morgan fingerprint density at radius 3 is 2.50 bits per heavy atom. The Labute approximate surface area is 109 Å². The summed E-state index contributed by atoms with van der Waals surface area (Å²) in [4.78, 5) is 0. The molecule has 1 aromatic rings. The minimum atomic E-state index is 0.150. The lowest BCUT2D eigenvalue weighted by Crippen LogP contribution is -2.53. The molecule has 2 rings (SSSR count). The van der Waals surface area contributed by atoms with Crippen LogP contribution in [0.5, 0.6) is 5.75 Å². The van der Waals surface area contributed by atoms with Crippen LogP contribution in [0.2, 0.25) is 0 Å². The van der Waals surface area contributed by atoms with E-state index in [0.717, 1.165) is 32.1 Å². The molecule has 18 heavy (non-hydrogen) atoms. The summed E-state index contributed by atoms with van der Waals surface area (Å²) < 4.78 is 10.8. The number of methoxy groups -OCH3 is 1. The first-order chi connectivity index (χ1) is 8.64. The fourth-order valence-electron chi connectivity index (χ4n) is 2.66. The van der Waals surface area contributed by atoms with E-state index < -0.39 is 0 Å². The second-order valence-corrected chi connectivity index (χ2v) is 5.12. The summed E-state index contributed by atoms with van der Waals surface area (Å²) in [7, 11) is 1.72. The molecule has 1 fully saturated rings. The zero-order valence-electron chi connectivity index (χ0n) is 11.8. The molecular formula is C15H23NO2. The van der Waals surface area contributed by atoms with Crippen molar-refractivity contribution in [2.75, 3.05) is 33.4 Å². The van der Waals surface area contributed by atoms with Gasteiger partial charge in [-0.05, 0) is 43.1 Å². The second-order valence-electron chi connectivity index (χ2n) is 5.12. The zero-order valence-corrected chi connectivity index (χ0v) is 11.8. The number of nitrogens with one attached hydrogen (secondary N) is 1. The standard InChI is InChI=1S/C15H23NO2/c1-5-16-8-15(9-18-10-15)13-6-7-14(17-4)12(3)11(13)2/h6-7,16H,5,8-10H2,1-4H3. The minimum absolute atomic E-state index is 0.150. The topological polar surface area (TPSA) is 30.5 Å². The van der Waals surface area contributed by atoms with Crippen LogP contribution in [0.4, 0.5) is 0 Å². The maximum absolute atomic E-state index is 5.47. The van der Waals surface area contributed by atoms with Gasteiger partial charge in [0.1, 0.15) is 5.75 Å². The monoisotopic (exact) mass is 249 g/mol. The molecule has 0 spiro atoms. The molecule has 0 atom stereocenters. The van der Waals surface area contributed by atoms with Crippen molar-refractivity contribution in [1.29, 1.82) is 0 Å². The first-order valence-electron chi connectivity index (χ1n) is 6.58. The van der Waals surface area contributed by atoms with Crippen LogP contribution in [0, 0.1) is 13.8 Å². The molecule has 0 aliphatic carbocycles. The van der Waals surface area contributed by atoms with Crippen molar-refractivity contribution in [3.8, 4) is 5.75 Å². The predicted molar refractivity (Wildman–Crippen MR) is 73.5 cm³/mol. The Hall–Kier alpha value is -1.06. The Morgan fingerprint density at radius 2 is 2.00 bits per heavy atom. The molecule has 1 heterocycles. The number of rotatable bonds is 5. The van der Waals surface area contributed by atoms with Gasteiger partial charge in [0.05, 0.1) is 25.7 Å². The molecule has 1 N–H and O–H groups in total. The molecule has 3 heteroatoms. The molecule has 0 amide bonds. The van der Waals surface area contributed by atoms with Crippen molar-refractivity contribution in [2.24, 2.45) is 0 Å². The van der Waals surface area contributed by atoms with Crippen LogP contribution < -0.4 is 10.1 Å². The predicted octanol–water partition coefficient (Wildman–Crippen LogP) is 2.19. The van der Waals surface area contributed by atoms with E-state index in [9.17, 15) is 0 Å². The lowest BCUT2D eigenvalue weighted by molar-refractivity contribution is -0.0591. The fraction of sp³-hybridized carbons (Fsp3) is 0.600. The molecule has 1 aromatic carbocycles. The molecule has 0 saturated carbocycles. The number of hydrogen-bond donors (Lipinski definition) is 1. The van der Waals surface area contributed by atoms with E-state index in [1.54, 1.807) is 7.11 Å². The minimum Gasteiger partial charge on any atom is -0.496 e. The second kappa shape index (κ2) is 5.29. The van der Waals surface area contributed by atoms with Crippen molar-refractivity contribution in [3.63, 3.8) is 0 Å². The lowest BCUT2D eigenvalue weighted by atomic mass is 9.75. The van der Waals surface area contributed by atoms with Crippen LogP contribution in [0.1, 0.15) is 23.6 Å².